The van der Waals surface area contributed by atoms with Gasteiger partial charge in [-0.05, 0) is 82.7 Å². The second kappa shape index (κ2) is 6.97. The van der Waals surface area contributed by atoms with Crippen LogP contribution in [-0.4, -0.2) is 45.3 Å². The third kappa shape index (κ3) is 3.43. The Hall–Kier alpha value is -2.70. The maximum atomic E-state index is 13.2. The number of imide groups is 3. The van der Waals surface area contributed by atoms with E-state index in [1.54, 1.807) is 20.8 Å². The minimum Gasteiger partial charge on any atom is -0.443 e. The number of nitrogens with zero attached hydrogens (tertiary/aromatic N) is 2. The van der Waals surface area contributed by atoms with Crippen LogP contribution in [0.5, 0.6) is 0 Å². The van der Waals surface area contributed by atoms with Gasteiger partial charge in [0.1, 0.15) is 11.6 Å². The van der Waals surface area contributed by atoms with Gasteiger partial charge in [0.15, 0.2) is 0 Å². The van der Waals surface area contributed by atoms with Crippen LogP contribution in [0, 0.1) is 27.7 Å². The molecule has 3 rings (SSSR count). The minimum absolute atomic E-state index is 0.00575. The molecule has 2 aliphatic rings. The summed E-state index contributed by atoms with van der Waals surface area (Å²) in [5, 5.41) is 0. The van der Waals surface area contributed by atoms with Crippen molar-refractivity contribution in [3.63, 3.8) is 0 Å². The maximum Gasteiger partial charge on any atom is 0.424 e. The van der Waals surface area contributed by atoms with Crippen molar-refractivity contribution < 1.29 is 23.9 Å². The van der Waals surface area contributed by atoms with Crippen LogP contribution >= 0.6 is 0 Å². The Labute approximate surface area is 171 Å². The number of fused-ring (bicyclic) bond motifs is 1. The number of carbonyl (C=O) groups is 4. The zero-order valence-electron chi connectivity index (χ0n) is 18.1. The van der Waals surface area contributed by atoms with Crippen molar-refractivity contribution in [2.45, 2.75) is 79.5 Å². The maximum absolute atomic E-state index is 13.2. The summed E-state index contributed by atoms with van der Waals surface area (Å²) in [6.07, 6.45) is -0.779. The Bertz CT molecular complexity index is 942. The number of rotatable bonds is 1. The molecule has 0 bridgehead atoms. The minimum atomic E-state index is -0.986. The molecule has 0 aliphatic carbocycles. The summed E-state index contributed by atoms with van der Waals surface area (Å²) in [4.78, 5) is 53.1. The molecule has 1 aromatic carbocycles. The average Bonchev–Trinajstić information content (AvgIpc) is 2.94. The highest BCUT2D eigenvalue weighted by molar-refractivity contribution is 6.13. The predicted molar refractivity (Wildman–Crippen MR) is 106 cm³/mol. The number of likely N-dealkylation sites (tertiary alicyclic amines) is 1. The summed E-state index contributed by atoms with van der Waals surface area (Å²) in [5.74, 6) is -1.51. The van der Waals surface area contributed by atoms with Gasteiger partial charge in [-0.1, -0.05) is 0 Å². The lowest BCUT2D eigenvalue weighted by Crippen LogP contribution is -2.57. The highest BCUT2D eigenvalue weighted by Gasteiger charge is 2.47. The summed E-state index contributed by atoms with van der Waals surface area (Å²) in [7, 11) is 0. The molecule has 2 aliphatic heterocycles. The van der Waals surface area contributed by atoms with Crippen LogP contribution in [0.3, 0.4) is 0 Å². The van der Waals surface area contributed by atoms with Crippen LogP contribution in [0.1, 0.15) is 71.8 Å². The van der Waals surface area contributed by atoms with Gasteiger partial charge in [-0.25, -0.2) is 4.79 Å². The van der Waals surface area contributed by atoms with E-state index in [4.69, 9.17) is 4.74 Å². The van der Waals surface area contributed by atoms with E-state index >= 15 is 0 Å². The first-order valence-electron chi connectivity index (χ1n) is 9.85. The van der Waals surface area contributed by atoms with Crippen molar-refractivity contribution in [2.24, 2.45) is 0 Å². The molecule has 0 aromatic heterocycles. The fourth-order valence-electron chi connectivity index (χ4n) is 4.07. The SMILES string of the molecule is Cc1c(C)c(C)c2c(c1C)CN(C1CCC(=O)N(C(=O)OC(C)(C)C)C1=O)C2=O. The molecule has 0 N–H and O–H groups in total. The van der Waals surface area contributed by atoms with Crippen LogP contribution in [0.25, 0.3) is 0 Å². The highest BCUT2D eigenvalue weighted by Crippen LogP contribution is 2.36. The fraction of sp³-hybridized carbons (Fsp3) is 0.545. The molecule has 1 aromatic rings. The van der Waals surface area contributed by atoms with E-state index in [-0.39, 0.29) is 18.7 Å². The van der Waals surface area contributed by atoms with E-state index in [1.165, 1.54) is 4.90 Å². The van der Waals surface area contributed by atoms with Crippen molar-refractivity contribution in [3.05, 3.63) is 33.4 Å². The molecule has 0 spiro atoms. The van der Waals surface area contributed by atoms with Gasteiger partial charge in [0.25, 0.3) is 11.8 Å². The topological polar surface area (TPSA) is 84.0 Å². The summed E-state index contributed by atoms with van der Waals surface area (Å²) in [6.45, 7) is 13.2. The van der Waals surface area contributed by atoms with Crippen molar-refractivity contribution >= 4 is 23.8 Å². The molecule has 7 nitrogen and oxygen atoms in total. The van der Waals surface area contributed by atoms with Gasteiger partial charge in [-0.2, -0.15) is 4.90 Å². The molecule has 1 atom stereocenters. The Kier molecular flexibility index (Phi) is 5.05. The zero-order chi connectivity index (χ0) is 21.8. The Balaban J connectivity index is 1.93. The van der Waals surface area contributed by atoms with Crippen molar-refractivity contribution in [1.29, 1.82) is 0 Å². The van der Waals surface area contributed by atoms with Gasteiger partial charge in [-0.3, -0.25) is 14.4 Å². The van der Waals surface area contributed by atoms with Crippen LogP contribution in [0.15, 0.2) is 0 Å². The van der Waals surface area contributed by atoms with E-state index < -0.39 is 29.6 Å². The molecular weight excluding hydrogens is 372 g/mol. The normalized spacial score (nSPS) is 19.7. The third-order valence-corrected chi connectivity index (χ3v) is 5.96. The number of hydrogen-bond donors (Lipinski definition) is 0. The number of ether oxygens (including phenoxy) is 1. The number of benzene rings is 1. The summed E-state index contributed by atoms with van der Waals surface area (Å²) < 4.78 is 5.23. The number of carbonyl (C=O) groups excluding carboxylic acids is 4. The van der Waals surface area contributed by atoms with Crippen molar-refractivity contribution in [1.82, 2.24) is 9.80 Å². The van der Waals surface area contributed by atoms with Gasteiger partial charge >= 0.3 is 6.09 Å². The number of amides is 4. The molecule has 4 amide bonds. The first kappa shape index (κ1) is 21.0. The predicted octanol–water partition coefficient (Wildman–Crippen LogP) is 3.33. The molecule has 7 heteroatoms. The Morgan fingerprint density at radius 1 is 0.966 bits per heavy atom. The second-order valence-corrected chi connectivity index (χ2v) is 8.89. The van der Waals surface area contributed by atoms with Gasteiger partial charge in [0, 0.05) is 18.5 Å². The lowest BCUT2D eigenvalue weighted by atomic mass is 9.90. The average molecular weight is 400 g/mol. The van der Waals surface area contributed by atoms with Crippen molar-refractivity contribution in [2.75, 3.05) is 0 Å². The molecule has 1 saturated heterocycles. The molecule has 29 heavy (non-hydrogen) atoms. The first-order chi connectivity index (χ1) is 13.3. The van der Waals surface area contributed by atoms with E-state index in [2.05, 4.69) is 0 Å². The Morgan fingerprint density at radius 2 is 1.55 bits per heavy atom. The summed E-state index contributed by atoms with van der Waals surface area (Å²) in [5.41, 5.74) is 4.88. The summed E-state index contributed by atoms with van der Waals surface area (Å²) >= 11 is 0. The monoisotopic (exact) mass is 400 g/mol. The first-order valence-corrected chi connectivity index (χ1v) is 9.85. The molecular formula is C22H28N2O5. The molecule has 0 saturated carbocycles. The second-order valence-electron chi connectivity index (χ2n) is 8.89. The Morgan fingerprint density at radius 3 is 2.14 bits per heavy atom. The number of hydrogen-bond acceptors (Lipinski definition) is 5. The van der Waals surface area contributed by atoms with E-state index in [0.717, 1.165) is 27.8 Å². The molecule has 156 valence electrons. The van der Waals surface area contributed by atoms with Gasteiger partial charge in [-0.15, -0.1) is 0 Å². The van der Waals surface area contributed by atoms with Crippen LogP contribution < -0.4 is 0 Å². The van der Waals surface area contributed by atoms with Crippen molar-refractivity contribution in [3.8, 4) is 0 Å². The lowest BCUT2D eigenvalue weighted by molar-refractivity contribution is -0.150. The van der Waals surface area contributed by atoms with Crippen LogP contribution in [0.2, 0.25) is 0 Å². The van der Waals surface area contributed by atoms with Crippen LogP contribution in [-0.2, 0) is 20.9 Å². The number of piperidine rings is 1. The lowest BCUT2D eigenvalue weighted by Gasteiger charge is -2.35. The third-order valence-electron chi connectivity index (χ3n) is 5.96. The van der Waals surface area contributed by atoms with E-state index in [1.807, 2.05) is 27.7 Å². The largest absolute Gasteiger partial charge is 0.443 e. The highest BCUT2D eigenvalue weighted by atomic mass is 16.6. The molecule has 0 radical (unpaired) electrons. The van der Waals surface area contributed by atoms with Gasteiger partial charge in [0.2, 0.25) is 5.91 Å². The van der Waals surface area contributed by atoms with Gasteiger partial charge < -0.3 is 9.64 Å². The van der Waals surface area contributed by atoms with Gasteiger partial charge in [0.05, 0.1) is 0 Å². The summed E-state index contributed by atoms with van der Waals surface area (Å²) in [6, 6.07) is -0.862. The van der Waals surface area contributed by atoms with E-state index in [0.29, 0.717) is 17.0 Å². The molecule has 1 fully saturated rings. The van der Waals surface area contributed by atoms with E-state index in [9.17, 15) is 19.2 Å². The zero-order valence-corrected chi connectivity index (χ0v) is 18.1. The molecule has 1 unspecified atom stereocenters. The fourth-order valence-corrected chi connectivity index (χ4v) is 4.07. The smallest absolute Gasteiger partial charge is 0.424 e. The molecule has 2 heterocycles. The van der Waals surface area contributed by atoms with Crippen LogP contribution in [0.4, 0.5) is 4.79 Å². The standard InChI is InChI=1S/C22H28N2O5/c1-11-12(2)14(4)18-15(13(11)3)10-23(20(18)27)16-8-9-17(25)24(19(16)26)21(28)29-22(5,6)7/h16H,8-10H2,1-7H3. The quantitative estimate of drug-likeness (QED) is 0.675.